The van der Waals surface area contributed by atoms with E-state index in [1.165, 1.54) is 5.56 Å². The average molecular weight is 340 g/mol. The molecular formula is C16H22BrNO2. The zero-order chi connectivity index (χ0) is 14.5. The van der Waals surface area contributed by atoms with Crippen molar-refractivity contribution in [2.75, 3.05) is 13.1 Å². The number of carbonyl (C=O) groups excluding carboxylic acids is 1. The van der Waals surface area contributed by atoms with E-state index in [2.05, 4.69) is 35.0 Å². The van der Waals surface area contributed by atoms with E-state index in [1.54, 1.807) is 0 Å². The summed E-state index contributed by atoms with van der Waals surface area (Å²) in [6, 6.07) is 8.13. The summed E-state index contributed by atoms with van der Waals surface area (Å²) in [7, 11) is 0. The van der Waals surface area contributed by atoms with Crippen molar-refractivity contribution in [3.8, 4) is 0 Å². The van der Waals surface area contributed by atoms with E-state index in [-0.39, 0.29) is 17.9 Å². The van der Waals surface area contributed by atoms with Crippen LogP contribution in [-0.2, 0) is 11.2 Å². The van der Waals surface area contributed by atoms with Crippen LogP contribution in [0, 0.1) is 5.92 Å². The second-order valence-electron chi connectivity index (χ2n) is 5.52. The highest BCUT2D eigenvalue weighted by molar-refractivity contribution is 9.10. The number of nitrogens with zero attached hydrogens (tertiary/aromatic N) is 1. The number of hydrogen-bond acceptors (Lipinski definition) is 2. The fourth-order valence-electron chi connectivity index (χ4n) is 2.77. The number of aliphatic hydroxyl groups excluding tert-OH is 1. The van der Waals surface area contributed by atoms with Crippen molar-refractivity contribution in [2.24, 2.45) is 5.92 Å². The molecule has 1 saturated heterocycles. The molecule has 110 valence electrons. The van der Waals surface area contributed by atoms with Crippen LogP contribution < -0.4 is 0 Å². The Labute approximate surface area is 129 Å². The molecule has 0 spiro atoms. The Morgan fingerprint density at radius 3 is 3.00 bits per heavy atom. The summed E-state index contributed by atoms with van der Waals surface area (Å²) >= 11 is 3.47. The van der Waals surface area contributed by atoms with Gasteiger partial charge >= 0.3 is 0 Å². The molecule has 4 heteroatoms. The number of halogens is 1. The summed E-state index contributed by atoms with van der Waals surface area (Å²) in [4.78, 5) is 14.4. The normalized spacial score (nSPS) is 20.8. The van der Waals surface area contributed by atoms with Crippen LogP contribution in [0.3, 0.4) is 0 Å². The van der Waals surface area contributed by atoms with E-state index in [1.807, 2.05) is 17.0 Å². The molecule has 0 aromatic heterocycles. The zero-order valence-corrected chi connectivity index (χ0v) is 13.5. The van der Waals surface area contributed by atoms with E-state index >= 15 is 0 Å². The van der Waals surface area contributed by atoms with Gasteiger partial charge in [0.25, 0.3) is 0 Å². The lowest BCUT2D eigenvalue weighted by Crippen LogP contribution is -2.45. The average Bonchev–Trinajstić information content (AvgIpc) is 2.44. The minimum absolute atomic E-state index is 0.00889. The lowest BCUT2D eigenvalue weighted by Gasteiger charge is -2.32. The third kappa shape index (κ3) is 4.06. The molecule has 2 atom stereocenters. The molecule has 2 rings (SSSR count). The first-order chi connectivity index (χ1) is 9.60. The Hall–Kier alpha value is -0.870. The molecule has 1 heterocycles. The number of β-amino-alcohol motifs (C(OH)–C–C–N with tert-alkyl or cyclic N) is 1. The van der Waals surface area contributed by atoms with Gasteiger partial charge in [-0.25, -0.2) is 0 Å². The number of carbonyl (C=O) groups is 1. The van der Waals surface area contributed by atoms with Crippen molar-refractivity contribution in [3.05, 3.63) is 34.3 Å². The number of piperidine rings is 1. The van der Waals surface area contributed by atoms with Crippen LogP contribution in [0.5, 0.6) is 0 Å². The largest absolute Gasteiger partial charge is 0.391 e. The van der Waals surface area contributed by atoms with Crippen LogP contribution in [0.1, 0.15) is 31.7 Å². The van der Waals surface area contributed by atoms with E-state index in [4.69, 9.17) is 0 Å². The third-order valence-corrected chi connectivity index (χ3v) is 4.41. The summed E-state index contributed by atoms with van der Waals surface area (Å²) in [6.45, 7) is 3.33. The van der Waals surface area contributed by atoms with Crippen molar-refractivity contribution in [2.45, 2.75) is 38.7 Å². The first-order valence-electron chi connectivity index (χ1n) is 7.31. The Balaban J connectivity index is 2.02. The Bertz CT molecular complexity index is 464. The zero-order valence-electron chi connectivity index (χ0n) is 11.9. The molecule has 1 aromatic carbocycles. The van der Waals surface area contributed by atoms with Gasteiger partial charge in [-0.2, -0.15) is 0 Å². The summed E-state index contributed by atoms with van der Waals surface area (Å²) in [5.41, 5.74) is 1.18. The van der Waals surface area contributed by atoms with Crippen LogP contribution >= 0.6 is 15.9 Å². The maximum Gasteiger partial charge on any atom is 0.226 e. The summed E-state index contributed by atoms with van der Waals surface area (Å²) in [5, 5.41) is 9.71. The van der Waals surface area contributed by atoms with Gasteiger partial charge in [-0.05, 0) is 43.4 Å². The Kier molecular flexibility index (Phi) is 5.61. The van der Waals surface area contributed by atoms with E-state index in [9.17, 15) is 9.90 Å². The van der Waals surface area contributed by atoms with Gasteiger partial charge in [0.15, 0.2) is 0 Å². The minimum Gasteiger partial charge on any atom is -0.391 e. The standard InChI is InChI=1S/C16H22BrNO2/c1-2-13(9-12-5-3-6-14(17)10-12)16(20)18-8-4-7-15(19)11-18/h3,5-6,10,13,15,19H,2,4,7-9,11H2,1H3/t13-,15-/m0/s1. The SMILES string of the molecule is CC[C@@H](Cc1cccc(Br)c1)C(=O)N1CCC[C@H](O)C1. The smallest absolute Gasteiger partial charge is 0.226 e. The second-order valence-corrected chi connectivity index (χ2v) is 6.44. The monoisotopic (exact) mass is 339 g/mol. The van der Waals surface area contributed by atoms with Crippen LogP contribution in [0.2, 0.25) is 0 Å². The third-order valence-electron chi connectivity index (χ3n) is 3.92. The van der Waals surface area contributed by atoms with Gasteiger partial charge < -0.3 is 10.0 Å². The van der Waals surface area contributed by atoms with Crippen molar-refractivity contribution >= 4 is 21.8 Å². The Morgan fingerprint density at radius 1 is 1.55 bits per heavy atom. The molecule has 1 aliphatic heterocycles. The van der Waals surface area contributed by atoms with Crippen LogP contribution in [0.25, 0.3) is 0 Å². The van der Waals surface area contributed by atoms with Crippen molar-refractivity contribution in [1.29, 1.82) is 0 Å². The highest BCUT2D eigenvalue weighted by atomic mass is 79.9. The van der Waals surface area contributed by atoms with E-state index in [0.29, 0.717) is 6.54 Å². The highest BCUT2D eigenvalue weighted by Crippen LogP contribution is 2.20. The number of rotatable bonds is 4. The molecule has 0 bridgehead atoms. The molecule has 0 saturated carbocycles. The van der Waals surface area contributed by atoms with Gasteiger partial charge in [0.1, 0.15) is 0 Å². The topological polar surface area (TPSA) is 40.5 Å². The van der Waals surface area contributed by atoms with Gasteiger partial charge in [0, 0.05) is 23.5 Å². The molecule has 0 aliphatic carbocycles. The summed E-state index contributed by atoms with van der Waals surface area (Å²) in [6.07, 6.45) is 2.96. The van der Waals surface area contributed by atoms with Crippen LogP contribution in [0.15, 0.2) is 28.7 Å². The molecule has 1 fully saturated rings. The molecule has 20 heavy (non-hydrogen) atoms. The Morgan fingerprint density at radius 2 is 2.35 bits per heavy atom. The molecule has 1 N–H and O–H groups in total. The summed E-state index contributed by atoms with van der Waals surface area (Å²) in [5.74, 6) is 0.195. The molecule has 3 nitrogen and oxygen atoms in total. The molecule has 1 aliphatic rings. The fourth-order valence-corrected chi connectivity index (χ4v) is 3.21. The predicted molar refractivity (Wildman–Crippen MR) is 83.4 cm³/mol. The number of aliphatic hydroxyl groups is 1. The first kappa shape index (κ1) is 15.5. The molecular weight excluding hydrogens is 318 g/mol. The minimum atomic E-state index is -0.351. The quantitative estimate of drug-likeness (QED) is 0.915. The van der Waals surface area contributed by atoms with E-state index < -0.39 is 0 Å². The number of likely N-dealkylation sites (tertiary alicyclic amines) is 1. The van der Waals surface area contributed by atoms with E-state index in [0.717, 1.165) is 36.7 Å². The van der Waals surface area contributed by atoms with Gasteiger partial charge in [-0.15, -0.1) is 0 Å². The lowest BCUT2D eigenvalue weighted by atomic mass is 9.94. The first-order valence-corrected chi connectivity index (χ1v) is 8.10. The van der Waals surface area contributed by atoms with Gasteiger partial charge in [-0.1, -0.05) is 35.0 Å². The number of hydrogen-bond donors (Lipinski definition) is 1. The van der Waals surface area contributed by atoms with Crippen LogP contribution in [-0.4, -0.2) is 35.1 Å². The maximum atomic E-state index is 12.6. The molecule has 1 amide bonds. The summed E-state index contributed by atoms with van der Waals surface area (Å²) < 4.78 is 1.05. The maximum absolute atomic E-state index is 12.6. The van der Waals surface area contributed by atoms with Gasteiger partial charge in [0.05, 0.1) is 6.10 Å². The van der Waals surface area contributed by atoms with Crippen molar-refractivity contribution < 1.29 is 9.90 Å². The lowest BCUT2D eigenvalue weighted by molar-refractivity contribution is -0.138. The molecule has 0 unspecified atom stereocenters. The van der Waals surface area contributed by atoms with Crippen molar-refractivity contribution in [1.82, 2.24) is 4.90 Å². The molecule has 1 aromatic rings. The fraction of sp³-hybridized carbons (Fsp3) is 0.562. The van der Waals surface area contributed by atoms with Gasteiger partial charge in [0.2, 0.25) is 5.91 Å². The second kappa shape index (κ2) is 7.23. The molecule has 0 radical (unpaired) electrons. The predicted octanol–water partition coefficient (Wildman–Crippen LogP) is 3.00. The number of benzene rings is 1. The number of amides is 1. The highest BCUT2D eigenvalue weighted by Gasteiger charge is 2.27. The van der Waals surface area contributed by atoms with Crippen LogP contribution in [0.4, 0.5) is 0 Å². The van der Waals surface area contributed by atoms with Gasteiger partial charge in [-0.3, -0.25) is 4.79 Å². The van der Waals surface area contributed by atoms with Crippen molar-refractivity contribution in [3.63, 3.8) is 0 Å².